The molecule has 1 heterocycles. The lowest BCUT2D eigenvalue weighted by molar-refractivity contribution is -0.146. The van der Waals surface area contributed by atoms with Gasteiger partial charge in [0, 0.05) is 19.6 Å². The van der Waals surface area contributed by atoms with Crippen molar-refractivity contribution in [3.8, 4) is 0 Å². The molecule has 0 amide bonds. The van der Waals surface area contributed by atoms with Gasteiger partial charge in [0.1, 0.15) is 6.61 Å². The summed E-state index contributed by atoms with van der Waals surface area (Å²) in [6, 6.07) is 17.0. The Kier molecular flexibility index (Phi) is 8.66. The molecule has 0 spiro atoms. The van der Waals surface area contributed by atoms with Gasteiger partial charge in [0.05, 0.1) is 25.1 Å². The van der Waals surface area contributed by atoms with Gasteiger partial charge in [-0.25, -0.2) is 9.79 Å². The van der Waals surface area contributed by atoms with E-state index in [4.69, 9.17) is 14.5 Å². The fourth-order valence-corrected chi connectivity index (χ4v) is 3.69. The van der Waals surface area contributed by atoms with Crippen molar-refractivity contribution in [2.24, 2.45) is 10.9 Å². The van der Waals surface area contributed by atoms with Gasteiger partial charge in [-0.05, 0) is 43.0 Å². The van der Waals surface area contributed by atoms with Crippen molar-refractivity contribution in [3.63, 3.8) is 0 Å². The van der Waals surface area contributed by atoms with E-state index < -0.39 is 0 Å². The molecule has 1 saturated heterocycles. The number of esters is 2. The lowest BCUT2D eigenvalue weighted by Gasteiger charge is -2.33. The number of carbonyl (C=O) groups is 2. The number of nitrogens with zero attached hydrogens (tertiary/aromatic N) is 2. The molecule has 7 heteroatoms. The van der Waals surface area contributed by atoms with Crippen molar-refractivity contribution < 1.29 is 19.1 Å². The predicted molar refractivity (Wildman–Crippen MR) is 123 cm³/mol. The minimum Gasteiger partial charge on any atom is -0.469 e. The Hall–Kier alpha value is -3.35. The van der Waals surface area contributed by atoms with E-state index in [1.807, 2.05) is 55.5 Å². The SMILES string of the molecule is CCNC(=NCc1cccc(C(=O)OCc2ccccc2)c1)N1CCC(C(=O)OC)CC1. The smallest absolute Gasteiger partial charge is 0.338 e. The molecule has 1 fully saturated rings. The van der Waals surface area contributed by atoms with Gasteiger partial charge in [-0.1, -0.05) is 42.5 Å². The Labute approximate surface area is 189 Å². The van der Waals surface area contributed by atoms with Crippen LogP contribution in [0.1, 0.15) is 41.3 Å². The highest BCUT2D eigenvalue weighted by Gasteiger charge is 2.26. The van der Waals surface area contributed by atoms with Crippen LogP contribution in [0.25, 0.3) is 0 Å². The zero-order valence-corrected chi connectivity index (χ0v) is 18.8. The van der Waals surface area contributed by atoms with E-state index in [-0.39, 0.29) is 24.5 Å². The highest BCUT2D eigenvalue weighted by Crippen LogP contribution is 2.19. The Morgan fingerprint density at radius 1 is 1.06 bits per heavy atom. The zero-order valence-electron chi connectivity index (χ0n) is 18.8. The fourth-order valence-electron chi connectivity index (χ4n) is 3.69. The molecule has 170 valence electrons. The fraction of sp³-hybridized carbons (Fsp3) is 0.400. The van der Waals surface area contributed by atoms with Crippen molar-refractivity contribution in [1.82, 2.24) is 10.2 Å². The Morgan fingerprint density at radius 2 is 1.78 bits per heavy atom. The number of nitrogens with one attached hydrogen (secondary N) is 1. The second-order valence-electron chi connectivity index (χ2n) is 7.72. The molecule has 2 aromatic carbocycles. The van der Waals surface area contributed by atoms with Crippen LogP contribution < -0.4 is 5.32 Å². The molecule has 32 heavy (non-hydrogen) atoms. The number of carbonyl (C=O) groups excluding carboxylic acids is 2. The summed E-state index contributed by atoms with van der Waals surface area (Å²) in [6.07, 6.45) is 1.50. The second kappa shape index (κ2) is 11.9. The molecule has 0 unspecified atom stereocenters. The molecule has 0 bridgehead atoms. The summed E-state index contributed by atoms with van der Waals surface area (Å²) in [5, 5.41) is 3.32. The van der Waals surface area contributed by atoms with Crippen LogP contribution in [0, 0.1) is 5.92 Å². The van der Waals surface area contributed by atoms with Crippen LogP contribution in [0.3, 0.4) is 0 Å². The molecule has 0 radical (unpaired) electrons. The summed E-state index contributed by atoms with van der Waals surface area (Å²) in [4.78, 5) is 31.1. The number of piperidine rings is 1. The van der Waals surface area contributed by atoms with Gasteiger partial charge in [0.15, 0.2) is 5.96 Å². The Balaban J connectivity index is 1.60. The molecule has 1 N–H and O–H groups in total. The van der Waals surface area contributed by atoms with Gasteiger partial charge in [0.25, 0.3) is 0 Å². The van der Waals surface area contributed by atoms with Gasteiger partial charge in [0.2, 0.25) is 0 Å². The topological polar surface area (TPSA) is 80.2 Å². The summed E-state index contributed by atoms with van der Waals surface area (Å²) in [7, 11) is 1.44. The van der Waals surface area contributed by atoms with Crippen molar-refractivity contribution in [1.29, 1.82) is 0 Å². The maximum absolute atomic E-state index is 12.5. The molecule has 1 aliphatic rings. The average molecular weight is 438 g/mol. The van der Waals surface area contributed by atoms with Crippen LogP contribution in [0.4, 0.5) is 0 Å². The van der Waals surface area contributed by atoms with Crippen molar-refractivity contribution >= 4 is 17.9 Å². The number of benzene rings is 2. The maximum Gasteiger partial charge on any atom is 0.338 e. The number of likely N-dealkylation sites (tertiary alicyclic amines) is 1. The number of methoxy groups -OCH3 is 1. The quantitative estimate of drug-likeness (QED) is 0.406. The number of aliphatic imine (C=N–C) groups is 1. The first-order chi connectivity index (χ1) is 15.6. The van der Waals surface area contributed by atoms with Crippen LogP contribution in [-0.4, -0.2) is 49.5 Å². The summed E-state index contributed by atoms with van der Waals surface area (Å²) in [6.45, 7) is 4.96. The van der Waals surface area contributed by atoms with Gasteiger partial charge < -0.3 is 19.7 Å². The standard InChI is InChI=1S/C25H31N3O4/c1-3-26-25(28-14-12-21(13-15-28)23(29)31-2)27-17-20-10-7-11-22(16-20)24(30)32-18-19-8-5-4-6-9-19/h4-11,16,21H,3,12-15,17-18H2,1-2H3,(H,26,27). The van der Waals surface area contributed by atoms with E-state index in [2.05, 4.69) is 10.2 Å². The van der Waals surface area contributed by atoms with E-state index in [9.17, 15) is 9.59 Å². The molecule has 0 aromatic heterocycles. The Bertz CT molecular complexity index is 922. The van der Waals surface area contributed by atoms with Crippen LogP contribution in [0.15, 0.2) is 59.6 Å². The van der Waals surface area contributed by atoms with Gasteiger partial charge in [-0.15, -0.1) is 0 Å². The number of hydrogen-bond acceptors (Lipinski definition) is 5. The lowest BCUT2D eigenvalue weighted by Crippen LogP contribution is -2.46. The molecule has 0 saturated carbocycles. The van der Waals surface area contributed by atoms with Crippen molar-refractivity contribution in [2.45, 2.75) is 32.9 Å². The van der Waals surface area contributed by atoms with E-state index in [0.29, 0.717) is 12.1 Å². The third-order valence-corrected chi connectivity index (χ3v) is 5.45. The van der Waals surface area contributed by atoms with Crippen molar-refractivity contribution in [3.05, 3.63) is 71.3 Å². The third kappa shape index (κ3) is 6.57. The van der Waals surface area contributed by atoms with E-state index >= 15 is 0 Å². The number of ether oxygens (including phenoxy) is 2. The van der Waals surface area contributed by atoms with Crippen LogP contribution in [0.5, 0.6) is 0 Å². The summed E-state index contributed by atoms with van der Waals surface area (Å²) in [5.41, 5.74) is 2.39. The molecule has 3 rings (SSSR count). The first kappa shape index (κ1) is 23.3. The van der Waals surface area contributed by atoms with Gasteiger partial charge in [-0.3, -0.25) is 4.79 Å². The lowest BCUT2D eigenvalue weighted by atomic mass is 9.97. The monoisotopic (exact) mass is 437 g/mol. The number of hydrogen-bond donors (Lipinski definition) is 1. The molecule has 0 aliphatic carbocycles. The van der Waals surface area contributed by atoms with Crippen LogP contribution in [-0.2, 0) is 27.4 Å². The molecule has 1 aliphatic heterocycles. The molecular weight excluding hydrogens is 406 g/mol. The number of rotatable bonds is 7. The zero-order chi connectivity index (χ0) is 22.8. The third-order valence-electron chi connectivity index (χ3n) is 5.45. The van der Waals surface area contributed by atoms with Crippen LogP contribution in [0.2, 0.25) is 0 Å². The Morgan fingerprint density at radius 3 is 2.47 bits per heavy atom. The molecule has 0 atom stereocenters. The normalized spacial score (nSPS) is 14.7. The van der Waals surface area contributed by atoms with Crippen molar-refractivity contribution in [2.75, 3.05) is 26.7 Å². The molecular formula is C25H31N3O4. The van der Waals surface area contributed by atoms with Gasteiger partial charge >= 0.3 is 11.9 Å². The maximum atomic E-state index is 12.5. The first-order valence-electron chi connectivity index (χ1n) is 11.0. The largest absolute Gasteiger partial charge is 0.469 e. The summed E-state index contributed by atoms with van der Waals surface area (Å²) >= 11 is 0. The predicted octanol–water partition coefficient (Wildman–Crippen LogP) is 3.39. The summed E-state index contributed by atoms with van der Waals surface area (Å²) < 4.78 is 10.3. The minimum absolute atomic E-state index is 0.0438. The highest BCUT2D eigenvalue weighted by molar-refractivity contribution is 5.89. The highest BCUT2D eigenvalue weighted by atomic mass is 16.5. The summed E-state index contributed by atoms with van der Waals surface area (Å²) in [5.74, 6) is 0.282. The van der Waals surface area contributed by atoms with E-state index in [0.717, 1.165) is 49.6 Å². The minimum atomic E-state index is -0.350. The van der Waals surface area contributed by atoms with E-state index in [1.165, 1.54) is 7.11 Å². The molecule has 2 aromatic rings. The second-order valence-corrected chi connectivity index (χ2v) is 7.72. The average Bonchev–Trinajstić information content (AvgIpc) is 2.85. The van der Waals surface area contributed by atoms with Crippen LogP contribution >= 0.6 is 0 Å². The molecule has 7 nitrogen and oxygen atoms in total. The first-order valence-corrected chi connectivity index (χ1v) is 11.0. The van der Waals surface area contributed by atoms with Gasteiger partial charge in [-0.2, -0.15) is 0 Å². The van der Waals surface area contributed by atoms with E-state index in [1.54, 1.807) is 6.07 Å². The number of guanidine groups is 1.